The Labute approximate surface area is 178 Å². The number of rotatable bonds is 10. The maximum Gasteiger partial charge on any atom is 0.261 e. The summed E-state index contributed by atoms with van der Waals surface area (Å²) in [5.74, 6) is -0.216. The number of nitrogens with one attached hydrogen (secondary N) is 1. The van der Waals surface area contributed by atoms with E-state index in [4.69, 9.17) is 4.74 Å². The van der Waals surface area contributed by atoms with Crippen molar-refractivity contribution >= 4 is 11.8 Å². The third-order valence-electron chi connectivity index (χ3n) is 4.76. The van der Waals surface area contributed by atoms with Crippen LogP contribution in [0.3, 0.4) is 0 Å². The van der Waals surface area contributed by atoms with Crippen molar-refractivity contribution < 1.29 is 18.7 Å². The average molecular weight is 415 g/mol. The molecule has 162 valence electrons. The summed E-state index contributed by atoms with van der Waals surface area (Å²) >= 11 is 0. The molecule has 0 saturated heterocycles. The van der Waals surface area contributed by atoms with E-state index >= 15 is 0 Å². The fourth-order valence-corrected chi connectivity index (χ4v) is 3.32. The highest BCUT2D eigenvalue weighted by Crippen LogP contribution is 2.18. The Balaban J connectivity index is 2.20. The van der Waals surface area contributed by atoms with Crippen molar-refractivity contribution in [3.63, 3.8) is 0 Å². The maximum atomic E-state index is 13.3. The van der Waals surface area contributed by atoms with E-state index < -0.39 is 6.04 Å². The molecule has 1 N–H and O–H groups in total. The van der Waals surface area contributed by atoms with E-state index in [0.29, 0.717) is 18.7 Å². The van der Waals surface area contributed by atoms with Crippen molar-refractivity contribution in [2.45, 2.75) is 53.1 Å². The fourth-order valence-electron chi connectivity index (χ4n) is 3.32. The van der Waals surface area contributed by atoms with Crippen LogP contribution in [-0.4, -0.2) is 35.9 Å². The van der Waals surface area contributed by atoms with Gasteiger partial charge in [0.25, 0.3) is 5.91 Å². The first kappa shape index (κ1) is 23.4. The predicted octanol–water partition coefficient (Wildman–Crippen LogP) is 4.15. The first-order valence-corrected chi connectivity index (χ1v) is 10.4. The van der Waals surface area contributed by atoms with Crippen LogP contribution in [0.1, 0.15) is 43.4 Å². The van der Waals surface area contributed by atoms with Crippen LogP contribution in [0.25, 0.3) is 0 Å². The van der Waals surface area contributed by atoms with E-state index in [9.17, 15) is 14.0 Å². The highest BCUT2D eigenvalue weighted by Gasteiger charge is 2.28. The zero-order chi connectivity index (χ0) is 22.1. The Bertz CT molecular complexity index is 832. The monoisotopic (exact) mass is 414 g/mol. The van der Waals surface area contributed by atoms with Gasteiger partial charge in [0.2, 0.25) is 5.91 Å². The second-order valence-corrected chi connectivity index (χ2v) is 7.48. The minimum atomic E-state index is -0.628. The highest BCUT2D eigenvalue weighted by molar-refractivity contribution is 5.88. The molecule has 2 aromatic rings. The molecule has 0 spiro atoms. The molecule has 5 nitrogen and oxygen atoms in total. The number of hydrogen-bond donors (Lipinski definition) is 1. The zero-order valence-electron chi connectivity index (χ0n) is 18.2. The number of aryl methyl sites for hydroxylation is 2. The van der Waals surface area contributed by atoms with Gasteiger partial charge in [-0.3, -0.25) is 9.59 Å². The summed E-state index contributed by atoms with van der Waals surface area (Å²) in [4.78, 5) is 27.3. The highest BCUT2D eigenvalue weighted by atomic mass is 19.1. The van der Waals surface area contributed by atoms with Crippen LogP contribution in [0.2, 0.25) is 0 Å². The van der Waals surface area contributed by atoms with Crippen molar-refractivity contribution in [2.75, 3.05) is 13.2 Å². The van der Waals surface area contributed by atoms with Crippen molar-refractivity contribution in [3.8, 4) is 5.75 Å². The summed E-state index contributed by atoms with van der Waals surface area (Å²) in [6.45, 7) is 8.34. The molecule has 0 heterocycles. The summed E-state index contributed by atoms with van der Waals surface area (Å²) < 4.78 is 19.0. The molecule has 1 atom stereocenters. The summed E-state index contributed by atoms with van der Waals surface area (Å²) in [6, 6.07) is 11.1. The largest absolute Gasteiger partial charge is 0.484 e. The molecule has 0 aliphatic carbocycles. The second kappa shape index (κ2) is 11.3. The number of nitrogens with zero attached hydrogens (tertiary/aromatic N) is 1. The van der Waals surface area contributed by atoms with Gasteiger partial charge >= 0.3 is 0 Å². The van der Waals surface area contributed by atoms with Crippen LogP contribution in [0.15, 0.2) is 42.5 Å². The van der Waals surface area contributed by atoms with Crippen LogP contribution in [0.4, 0.5) is 4.39 Å². The number of ether oxygens (including phenoxy) is 1. The molecule has 0 unspecified atom stereocenters. The lowest BCUT2D eigenvalue weighted by molar-refractivity contribution is -0.143. The van der Waals surface area contributed by atoms with Crippen LogP contribution in [-0.2, 0) is 16.1 Å². The van der Waals surface area contributed by atoms with E-state index in [1.807, 2.05) is 45.9 Å². The Morgan fingerprint density at radius 1 is 1.07 bits per heavy atom. The fraction of sp³-hybridized carbons (Fsp3) is 0.417. The Hall–Kier alpha value is -2.89. The molecule has 6 heteroatoms. The SMILES string of the molecule is CCCNC(=O)[C@H](CC)N(Cc1ccc(F)cc1)C(=O)COc1cc(C)cc(C)c1. The lowest BCUT2D eigenvalue weighted by Gasteiger charge is -2.30. The number of amides is 2. The number of halogens is 1. The lowest BCUT2D eigenvalue weighted by Crippen LogP contribution is -2.50. The normalized spacial score (nSPS) is 11.6. The molecule has 0 bridgehead atoms. The summed E-state index contributed by atoms with van der Waals surface area (Å²) in [7, 11) is 0. The Morgan fingerprint density at radius 2 is 1.70 bits per heavy atom. The Morgan fingerprint density at radius 3 is 2.27 bits per heavy atom. The molecule has 30 heavy (non-hydrogen) atoms. The minimum absolute atomic E-state index is 0.179. The topological polar surface area (TPSA) is 58.6 Å². The van der Waals surface area contributed by atoms with Gasteiger partial charge in [0.15, 0.2) is 6.61 Å². The number of carbonyl (C=O) groups is 2. The number of benzene rings is 2. The molecular weight excluding hydrogens is 383 g/mol. The van der Waals surface area contributed by atoms with Gasteiger partial charge in [0.1, 0.15) is 17.6 Å². The first-order valence-electron chi connectivity index (χ1n) is 10.4. The predicted molar refractivity (Wildman–Crippen MR) is 116 cm³/mol. The van der Waals surface area contributed by atoms with Gasteiger partial charge in [-0.25, -0.2) is 4.39 Å². The van der Waals surface area contributed by atoms with E-state index in [-0.39, 0.29) is 30.8 Å². The van der Waals surface area contributed by atoms with Gasteiger partial charge in [0.05, 0.1) is 0 Å². The van der Waals surface area contributed by atoms with Crippen molar-refractivity contribution in [3.05, 3.63) is 65.0 Å². The van der Waals surface area contributed by atoms with E-state index in [1.54, 1.807) is 12.1 Å². The van der Waals surface area contributed by atoms with Gasteiger partial charge in [-0.15, -0.1) is 0 Å². The third kappa shape index (κ3) is 6.87. The van der Waals surface area contributed by atoms with Crippen LogP contribution < -0.4 is 10.1 Å². The summed E-state index contributed by atoms with van der Waals surface area (Å²) in [5.41, 5.74) is 2.84. The lowest BCUT2D eigenvalue weighted by atomic mass is 10.1. The molecule has 2 amide bonds. The molecule has 2 rings (SSSR count). The van der Waals surface area contributed by atoms with E-state index in [1.165, 1.54) is 17.0 Å². The van der Waals surface area contributed by atoms with Crippen LogP contribution >= 0.6 is 0 Å². The molecule has 2 aromatic carbocycles. The minimum Gasteiger partial charge on any atom is -0.484 e. The maximum absolute atomic E-state index is 13.3. The van der Waals surface area contributed by atoms with Crippen LogP contribution in [0, 0.1) is 19.7 Å². The van der Waals surface area contributed by atoms with E-state index in [0.717, 1.165) is 23.1 Å². The molecule has 0 aliphatic rings. The van der Waals surface area contributed by atoms with Gasteiger partial charge in [-0.1, -0.05) is 32.0 Å². The molecular formula is C24H31FN2O3. The number of hydrogen-bond acceptors (Lipinski definition) is 3. The standard InChI is InChI=1S/C24H31FN2O3/c1-5-11-26-24(29)22(6-2)27(15-19-7-9-20(25)10-8-19)23(28)16-30-21-13-17(3)12-18(4)14-21/h7-10,12-14,22H,5-6,11,15-16H2,1-4H3,(H,26,29)/t22-/m0/s1. The van der Waals surface area contributed by atoms with Crippen molar-refractivity contribution in [2.24, 2.45) is 0 Å². The summed E-state index contributed by atoms with van der Waals surface area (Å²) in [6.07, 6.45) is 1.27. The quantitative estimate of drug-likeness (QED) is 0.635. The van der Waals surface area contributed by atoms with Gasteiger partial charge in [0, 0.05) is 13.1 Å². The average Bonchev–Trinajstić information content (AvgIpc) is 2.71. The molecule has 0 fully saturated rings. The molecule has 0 radical (unpaired) electrons. The zero-order valence-corrected chi connectivity index (χ0v) is 18.2. The van der Waals surface area contributed by atoms with E-state index in [2.05, 4.69) is 5.32 Å². The van der Waals surface area contributed by atoms with Crippen molar-refractivity contribution in [1.82, 2.24) is 10.2 Å². The van der Waals surface area contributed by atoms with Gasteiger partial charge in [-0.05, 0) is 67.6 Å². The van der Waals surface area contributed by atoms with Gasteiger partial charge < -0.3 is 15.0 Å². The number of carbonyl (C=O) groups excluding carboxylic acids is 2. The molecule has 0 saturated carbocycles. The Kier molecular flexibility index (Phi) is 8.84. The third-order valence-corrected chi connectivity index (χ3v) is 4.76. The smallest absolute Gasteiger partial charge is 0.261 e. The van der Waals surface area contributed by atoms with Gasteiger partial charge in [-0.2, -0.15) is 0 Å². The molecule has 0 aromatic heterocycles. The van der Waals surface area contributed by atoms with Crippen molar-refractivity contribution in [1.29, 1.82) is 0 Å². The van der Waals surface area contributed by atoms with Crippen LogP contribution in [0.5, 0.6) is 5.75 Å². The first-order chi connectivity index (χ1) is 14.3. The second-order valence-electron chi connectivity index (χ2n) is 7.48. The molecule has 0 aliphatic heterocycles. The summed E-state index contributed by atoms with van der Waals surface area (Å²) in [5, 5.41) is 2.87.